The molecule has 8 heavy (non-hydrogen) atoms. The third kappa shape index (κ3) is 3.28. The molecule has 2 heteroatoms. The van der Waals surface area contributed by atoms with E-state index in [-0.39, 0.29) is 0 Å². The summed E-state index contributed by atoms with van der Waals surface area (Å²) < 4.78 is 0. The van der Waals surface area contributed by atoms with Gasteiger partial charge in [0, 0.05) is 7.05 Å². The largest absolute Gasteiger partial charge is 0.193 e. The van der Waals surface area contributed by atoms with Crippen molar-refractivity contribution in [1.82, 2.24) is 0 Å². The van der Waals surface area contributed by atoms with E-state index < -0.39 is 0 Å². The fourth-order valence-electron chi connectivity index (χ4n) is 0.202. The Bertz CT molecular complexity index is 122. The third-order valence-electron chi connectivity index (χ3n) is 0.699. The van der Waals surface area contributed by atoms with Gasteiger partial charge in [0.15, 0.2) is 0 Å². The molecule has 0 amide bonds. The Labute approximate surface area is 49.6 Å². The van der Waals surface area contributed by atoms with Crippen molar-refractivity contribution in [3.05, 3.63) is 24.4 Å². The molecule has 0 aromatic heterocycles. The van der Waals surface area contributed by atoms with Crippen LogP contribution in [0.4, 0.5) is 0 Å². The Morgan fingerprint density at radius 2 is 2.25 bits per heavy atom. The van der Waals surface area contributed by atoms with Gasteiger partial charge in [0.2, 0.25) is 0 Å². The van der Waals surface area contributed by atoms with Crippen molar-refractivity contribution < 1.29 is 0 Å². The number of nitrogens with zero attached hydrogens (tertiary/aromatic N) is 2. The molecule has 0 aromatic rings. The van der Waals surface area contributed by atoms with Crippen LogP contribution in [0.5, 0.6) is 0 Å². The molecule has 0 atom stereocenters. The lowest BCUT2D eigenvalue weighted by atomic mass is 10.3. The molecule has 2 nitrogen and oxygen atoms in total. The summed E-state index contributed by atoms with van der Waals surface area (Å²) in [7, 11) is 1.63. The molecule has 0 rings (SSSR count). The monoisotopic (exact) mass is 110 g/mol. The van der Waals surface area contributed by atoms with E-state index in [1.165, 1.54) is 0 Å². The van der Waals surface area contributed by atoms with Gasteiger partial charge in [-0.05, 0) is 12.5 Å². The van der Waals surface area contributed by atoms with Crippen LogP contribution in [-0.4, -0.2) is 7.05 Å². The van der Waals surface area contributed by atoms with Crippen molar-refractivity contribution in [1.29, 1.82) is 0 Å². The summed E-state index contributed by atoms with van der Waals surface area (Å²) in [6, 6.07) is 0. The standard InChI is InChI=1S/C6H10N2/c1-4-6(2)5-8-7-3/h4-5H,1H2,2-3H3/b6-5-,8-7?. The van der Waals surface area contributed by atoms with E-state index in [9.17, 15) is 0 Å². The lowest BCUT2D eigenvalue weighted by Gasteiger charge is -1.80. The molecule has 0 aliphatic rings. The Kier molecular flexibility index (Phi) is 3.76. The lowest BCUT2D eigenvalue weighted by Crippen LogP contribution is -1.60. The average molecular weight is 110 g/mol. The van der Waals surface area contributed by atoms with E-state index in [1.807, 2.05) is 6.92 Å². The van der Waals surface area contributed by atoms with E-state index in [4.69, 9.17) is 0 Å². The highest BCUT2D eigenvalue weighted by Crippen LogP contribution is 1.91. The Morgan fingerprint density at radius 1 is 1.62 bits per heavy atom. The van der Waals surface area contributed by atoms with Gasteiger partial charge in [0.05, 0.1) is 6.20 Å². The van der Waals surface area contributed by atoms with Crippen LogP contribution < -0.4 is 0 Å². The number of hydrogen-bond acceptors (Lipinski definition) is 2. The van der Waals surface area contributed by atoms with Crippen molar-refractivity contribution in [3.63, 3.8) is 0 Å². The summed E-state index contributed by atoms with van der Waals surface area (Å²) in [6.45, 7) is 5.46. The van der Waals surface area contributed by atoms with Gasteiger partial charge in [-0.1, -0.05) is 12.7 Å². The zero-order chi connectivity index (χ0) is 6.41. The maximum Gasteiger partial charge on any atom is 0.0520 e. The Hall–Kier alpha value is -0.920. The first-order valence-electron chi connectivity index (χ1n) is 2.39. The molecule has 0 N–H and O–H groups in total. The van der Waals surface area contributed by atoms with Crippen molar-refractivity contribution in [2.24, 2.45) is 10.2 Å². The second-order valence-corrected chi connectivity index (χ2v) is 1.39. The van der Waals surface area contributed by atoms with Crippen LogP contribution >= 0.6 is 0 Å². The molecule has 0 aromatic carbocycles. The number of hydrogen-bond donors (Lipinski definition) is 0. The van der Waals surface area contributed by atoms with Crippen LogP contribution in [0.1, 0.15) is 6.92 Å². The second-order valence-electron chi connectivity index (χ2n) is 1.39. The van der Waals surface area contributed by atoms with Crippen LogP contribution in [0.2, 0.25) is 0 Å². The summed E-state index contributed by atoms with van der Waals surface area (Å²) in [5.41, 5.74) is 1.02. The van der Waals surface area contributed by atoms with E-state index in [0.29, 0.717) is 0 Å². The highest BCUT2D eigenvalue weighted by atomic mass is 15.1. The van der Waals surface area contributed by atoms with Gasteiger partial charge in [0.1, 0.15) is 0 Å². The summed E-state index contributed by atoms with van der Waals surface area (Å²) in [4.78, 5) is 0. The van der Waals surface area contributed by atoms with E-state index in [1.54, 1.807) is 19.3 Å². The molecule has 0 saturated heterocycles. The molecule has 0 aliphatic heterocycles. The third-order valence-corrected chi connectivity index (χ3v) is 0.699. The van der Waals surface area contributed by atoms with Gasteiger partial charge < -0.3 is 0 Å². The molecule has 0 radical (unpaired) electrons. The molecule has 0 heterocycles. The zero-order valence-corrected chi connectivity index (χ0v) is 5.26. The second kappa shape index (κ2) is 4.24. The normalized spacial score (nSPS) is 12.5. The molecular formula is C6H10N2. The first kappa shape index (κ1) is 7.08. The summed E-state index contributed by atoms with van der Waals surface area (Å²) in [5.74, 6) is 0. The van der Waals surface area contributed by atoms with Crippen LogP contribution in [-0.2, 0) is 0 Å². The number of azo groups is 1. The van der Waals surface area contributed by atoms with Crippen molar-refractivity contribution in [3.8, 4) is 0 Å². The summed E-state index contributed by atoms with van der Waals surface area (Å²) in [6.07, 6.45) is 3.39. The molecule has 0 fully saturated rings. The van der Waals surface area contributed by atoms with Crippen molar-refractivity contribution in [2.45, 2.75) is 6.92 Å². The molecule has 44 valence electrons. The van der Waals surface area contributed by atoms with Gasteiger partial charge in [0.25, 0.3) is 0 Å². The van der Waals surface area contributed by atoms with Crippen molar-refractivity contribution in [2.75, 3.05) is 7.05 Å². The molecular weight excluding hydrogens is 100 g/mol. The quantitative estimate of drug-likeness (QED) is 0.384. The molecule has 0 bridgehead atoms. The maximum absolute atomic E-state index is 3.63. The minimum atomic E-state index is 1.02. The molecule has 0 aliphatic carbocycles. The fraction of sp³-hybridized carbons (Fsp3) is 0.333. The number of rotatable bonds is 2. The predicted octanol–water partition coefficient (Wildman–Crippen LogP) is 2.16. The minimum Gasteiger partial charge on any atom is -0.193 e. The molecule has 0 spiro atoms. The first-order valence-corrected chi connectivity index (χ1v) is 2.39. The van der Waals surface area contributed by atoms with E-state index >= 15 is 0 Å². The maximum atomic E-state index is 3.63. The minimum absolute atomic E-state index is 1.02. The van der Waals surface area contributed by atoms with E-state index in [2.05, 4.69) is 16.8 Å². The van der Waals surface area contributed by atoms with Crippen LogP contribution in [0.3, 0.4) is 0 Å². The average Bonchev–Trinajstić information content (AvgIpc) is 1.83. The molecule has 0 saturated carbocycles. The summed E-state index contributed by atoms with van der Waals surface area (Å²) >= 11 is 0. The van der Waals surface area contributed by atoms with Crippen LogP contribution in [0, 0.1) is 0 Å². The van der Waals surface area contributed by atoms with Gasteiger partial charge in [-0.3, -0.25) is 0 Å². The Morgan fingerprint density at radius 3 is 2.62 bits per heavy atom. The van der Waals surface area contributed by atoms with Crippen LogP contribution in [0.25, 0.3) is 0 Å². The zero-order valence-electron chi connectivity index (χ0n) is 5.26. The topological polar surface area (TPSA) is 24.7 Å². The SMILES string of the molecule is C=C/C(C)=C\N=NC. The first-order chi connectivity index (χ1) is 3.81. The van der Waals surface area contributed by atoms with Gasteiger partial charge in [-0.2, -0.15) is 10.2 Å². The van der Waals surface area contributed by atoms with Gasteiger partial charge >= 0.3 is 0 Å². The Balaban J connectivity index is 3.74. The summed E-state index contributed by atoms with van der Waals surface area (Å²) in [5, 5.41) is 7.16. The highest BCUT2D eigenvalue weighted by Gasteiger charge is 1.72. The van der Waals surface area contributed by atoms with Crippen molar-refractivity contribution >= 4 is 0 Å². The van der Waals surface area contributed by atoms with Gasteiger partial charge in [-0.25, -0.2) is 0 Å². The number of allylic oxidation sites excluding steroid dienone is 2. The lowest BCUT2D eigenvalue weighted by molar-refractivity contribution is 1.15. The van der Waals surface area contributed by atoms with Crippen LogP contribution in [0.15, 0.2) is 34.7 Å². The van der Waals surface area contributed by atoms with E-state index in [0.717, 1.165) is 5.57 Å². The van der Waals surface area contributed by atoms with Gasteiger partial charge in [-0.15, -0.1) is 0 Å². The fourth-order valence-corrected chi connectivity index (χ4v) is 0.202. The highest BCUT2D eigenvalue weighted by molar-refractivity contribution is 5.11. The smallest absolute Gasteiger partial charge is 0.0520 e. The predicted molar refractivity (Wildman–Crippen MR) is 34.7 cm³/mol. The molecule has 0 unspecified atom stereocenters.